The number of hydrogen-bond acceptors (Lipinski definition) is 4. The predicted octanol–water partition coefficient (Wildman–Crippen LogP) is 10.8. The summed E-state index contributed by atoms with van der Waals surface area (Å²) in [6, 6.07) is 52.5. The maximum atomic E-state index is 4.77. The molecule has 8 aromatic rings. The van der Waals surface area contributed by atoms with E-state index in [1.807, 2.05) is 54.7 Å². The Kier molecular flexibility index (Phi) is 8.38. The predicted molar refractivity (Wildman–Crippen MR) is 191 cm³/mol. The second-order valence-electron chi connectivity index (χ2n) is 11.9. The molecular weight excluding hydrogens is 771 g/mol. The molecule has 0 fully saturated rings. The van der Waals surface area contributed by atoms with Crippen LogP contribution in [0.5, 0.6) is 0 Å². The van der Waals surface area contributed by atoms with Crippen LogP contribution in [0, 0.1) is 12.1 Å². The van der Waals surface area contributed by atoms with Crippen LogP contribution in [0.3, 0.4) is 0 Å². The van der Waals surface area contributed by atoms with E-state index in [4.69, 9.17) is 9.97 Å². The summed E-state index contributed by atoms with van der Waals surface area (Å²) in [5, 5.41) is 1.02. The van der Waals surface area contributed by atoms with Gasteiger partial charge in [0.05, 0.1) is 16.6 Å². The van der Waals surface area contributed by atoms with Crippen molar-refractivity contribution >= 4 is 32.6 Å². The van der Waals surface area contributed by atoms with Crippen LogP contribution in [0.2, 0.25) is 0 Å². The van der Waals surface area contributed by atoms with E-state index < -0.39 is 0 Å². The quantitative estimate of drug-likeness (QED) is 0.167. The summed E-state index contributed by atoms with van der Waals surface area (Å²) in [6.07, 6.45) is 1.84. The van der Waals surface area contributed by atoms with Crippen LogP contribution in [-0.4, -0.2) is 15.0 Å². The molecule has 3 nitrogen and oxygen atoms in total. The fourth-order valence-electron chi connectivity index (χ4n) is 6.26. The monoisotopic (exact) mass is 800 g/mol. The first-order valence-corrected chi connectivity index (χ1v) is 16.2. The number of thiazole rings is 1. The van der Waals surface area contributed by atoms with Gasteiger partial charge in [-0.3, -0.25) is 15.0 Å². The molecule has 0 atom stereocenters. The molecule has 1 radical (unpaired) electrons. The number of rotatable bonds is 3. The first kappa shape index (κ1) is 30.8. The van der Waals surface area contributed by atoms with Gasteiger partial charge in [0, 0.05) is 41.7 Å². The molecule has 0 N–H and O–H groups in total. The smallest absolute Gasteiger partial charge is 0.0867 e. The topological polar surface area (TPSA) is 38.7 Å². The molecule has 0 saturated heterocycles. The molecule has 0 aliphatic heterocycles. The van der Waals surface area contributed by atoms with E-state index in [2.05, 4.69) is 116 Å². The first-order valence-electron chi connectivity index (χ1n) is 15.4. The molecule has 47 heavy (non-hydrogen) atoms. The van der Waals surface area contributed by atoms with Crippen molar-refractivity contribution in [3.63, 3.8) is 0 Å². The molecular formula is C42H29IrN3S-2. The van der Waals surface area contributed by atoms with E-state index in [1.165, 1.54) is 38.1 Å². The van der Waals surface area contributed by atoms with Crippen molar-refractivity contribution in [3.05, 3.63) is 163 Å². The number of fused-ring (bicyclic) bond motifs is 5. The molecule has 0 amide bonds. The SMILES string of the molecule is CC1(C)c2ccccc2-c2c[c-]c(-c3cnc4ccccc4n3)cc21.[Ir].[c-]1ccc(-c2ccccc2)cc1-c1nc2ccccc2s1. The Labute approximate surface area is 292 Å². The summed E-state index contributed by atoms with van der Waals surface area (Å²) in [5.74, 6) is 0. The van der Waals surface area contributed by atoms with Crippen LogP contribution >= 0.6 is 11.3 Å². The average Bonchev–Trinajstić information content (AvgIpc) is 3.65. The summed E-state index contributed by atoms with van der Waals surface area (Å²) in [7, 11) is 0. The molecule has 1 aliphatic carbocycles. The van der Waals surface area contributed by atoms with Gasteiger partial charge in [0.1, 0.15) is 0 Å². The van der Waals surface area contributed by atoms with Gasteiger partial charge in [0.15, 0.2) is 0 Å². The van der Waals surface area contributed by atoms with Crippen LogP contribution in [0.25, 0.3) is 65.3 Å². The van der Waals surface area contributed by atoms with Gasteiger partial charge in [0.2, 0.25) is 0 Å². The summed E-state index contributed by atoms with van der Waals surface area (Å²) in [5.41, 5.74) is 13.5. The molecule has 2 aromatic heterocycles. The van der Waals surface area contributed by atoms with Crippen molar-refractivity contribution in [2.24, 2.45) is 0 Å². The Morgan fingerprint density at radius 2 is 1.32 bits per heavy atom. The Hall–Kier alpha value is -4.80. The zero-order valence-electron chi connectivity index (χ0n) is 25.9. The number of benzene rings is 6. The van der Waals surface area contributed by atoms with E-state index in [0.717, 1.165) is 38.4 Å². The molecule has 1 aliphatic rings. The largest absolute Gasteiger partial charge is 0.293 e. The van der Waals surface area contributed by atoms with E-state index in [1.54, 1.807) is 11.3 Å². The second kappa shape index (κ2) is 12.8. The second-order valence-corrected chi connectivity index (χ2v) is 13.0. The van der Waals surface area contributed by atoms with Gasteiger partial charge in [-0.25, -0.2) is 0 Å². The van der Waals surface area contributed by atoms with Crippen LogP contribution in [0.15, 0.2) is 140 Å². The van der Waals surface area contributed by atoms with Crippen molar-refractivity contribution in [1.82, 2.24) is 15.0 Å². The number of hydrogen-bond donors (Lipinski definition) is 0. The molecule has 229 valence electrons. The van der Waals surface area contributed by atoms with E-state index in [9.17, 15) is 0 Å². The summed E-state index contributed by atoms with van der Waals surface area (Å²) < 4.78 is 1.21. The summed E-state index contributed by atoms with van der Waals surface area (Å²) >= 11 is 1.71. The van der Waals surface area contributed by atoms with Gasteiger partial charge in [-0.05, 0) is 40.8 Å². The number of para-hydroxylation sites is 3. The van der Waals surface area contributed by atoms with Crippen molar-refractivity contribution in [2.75, 3.05) is 0 Å². The van der Waals surface area contributed by atoms with Crippen molar-refractivity contribution < 1.29 is 20.1 Å². The van der Waals surface area contributed by atoms with Gasteiger partial charge >= 0.3 is 0 Å². The number of aromatic nitrogens is 3. The third kappa shape index (κ3) is 5.83. The average molecular weight is 800 g/mol. The van der Waals surface area contributed by atoms with Crippen molar-refractivity contribution in [3.8, 4) is 44.1 Å². The van der Waals surface area contributed by atoms with Gasteiger partial charge < -0.3 is 0 Å². The van der Waals surface area contributed by atoms with Crippen LogP contribution in [0.4, 0.5) is 0 Å². The zero-order valence-corrected chi connectivity index (χ0v) is 29.1. The van der Waals surface area contributed by atoms with Gasteiger partial charge in [-0.1, -0.05) is 104 Å². The summed E-state index contributed by atoms with van der Waals surface area (Å²) in [4.78, 5) is 14.0. The van der Waals surface area contributed by atoms with E-state index in [0.29, 0.717) is 0 Å². The molecule has 0 saturated carbocycles. The third-order valence-electron chi connectivity index (χ3n) is 8.67. The normalized spacial score (nSPS) is 12.5. The Bertz CT molecular complexity index is 2330. The standard InChI is InChI=1S/C23H17N2.C19H12NS.Ir/c1-23(2)18-8-4-3-7-16(18)17-12-11-15(13-19(17)23)22-14-24-20-9-5-6-10-21(20)25-22;1-2-7-14(8-3-1)15-9-6-10-16(13-15)19-20-17-11-4-5-12-18(17)21-19;/h3-10,12-14H,1-2H3;1-9,11-13H;/q2*-1;. The summed E-state index contributed by atoms with van der Waals surface area (Å²) in [6.45, 7) is 4.57. The zero-order chi connectivity index (χ0) is 31.1. The molecule has 2 heterocycles. The molecule has 6 aromatic carbocycles. The third-order valence-corrected chi connectivity index (χ3v) is 9.74. The van der Waals surface area contributed by atoms with Crippen molar-refractivity contribution in [1.29, 1.82) is 0 Å². The Morgan fingerprint density at radius 1 is 0.596 bits per heavy atom. The number of nitrogens with zero attached hydrogens (tertiary/aromatic N) is 3. The van der Waals surface area contributed by atoms with Gasteiger partial charge in [-0.2, -0.15) is 11.3 Å². The van der Waals surface area contributed by atoms with E-state index >= 15 is 0 Å². The fraction of sp³-hybridized carbons (Fsp3) is 0.0714. The molecule has 0 bridgehead atoms. The Morgan fingerprint density at radius 3 is 2.15 bits per heavy atom. The molecule has 0 spiro atoms. The Balaban J connectivity index is 0.000000148. The van der Waals surface area contributed by atoms with Gasteiger partial charge in [0.25, 0.3) is 0 Å². The van der Waals surface area contributed by atoms with Crippen LogP contribution < -0.4 is 0 Å². The van der Waals surface area contributed by atoms with E-state index in [-0.39, 0.29) is 25.5 Å². The first-order chi connectivity index (χ1) is 22.5. The van der Waals surface area contributed by atoms with Gasteiger partial charge in [-0.15, -0.1) is 64.7 Å². The minimum absolute atomic E-state index is 0. The minimum Gasteiger partial charge on any atom is -0.293 e. The fourth-order valence-corrected chi connectivity index (χ4v) is 7.21. The maximum absolute atomic E-state index is 4.77. The maximum Gasteiger partial charge on any atom is 0.0867 e. The molecule has 0 unspecified atom stereocenters. The molecule has 5 heteroatoms. The van der Waals surface area contributed by atoms with Crippen LogP contribution in [-0.2, 0) is 25.5 Å². The molecule has 9 rings (SSSR count). The van der Waals surface area contributed by atoms with Crippen molar-refractivity contribution in [2.45, 2.75) is 19.3 Å². The van der Waals surface area contributed by atoms with Crippen LogP contribution in [0.1, 0.15) is 25.0 Å². The minimum atomic E-state index is -0.0138.